The monoisotopic (exact) mass is 518 g/mol. The molecular weight excluding hydrogens is 479 g/mol. The maximum atomic E-state index is 11.7. The van der Waals surface area contributed by atoms with Gasteiger partial charge in [-0.2, -0.15) is 0 Å². The Morgan fingerprint density at radius 3 is 1.35 bits per heavy atom. The van der Waals surface area contributed by atoms with E-state index in [0.717, 1.165) is 5.56 Å². The van der Waals surface area contributed by atoms with Gasteiger partial charge in [0.2, 0.25) is 0 Å². The Labute approximate surface area is 217 Å². The molecule has 0 amide bonds. The molecule has 1 nitrogen and oxygen atoms in total. The molecule has 3 rings (SSSR count). The zero-order chi connectivity index (χ0) is 22.4. The summed E-state index contributed by atoms with van der Waals surface area (Å²) >= 11 is 0. The van der Waals surface area contributed by atoms with E-state index in [-0.39, 0.29) is 55.2 Å². The molecule has 0 aliphatic heterocycles. The third-order valence-corrected chi connectivity index (χ3v) is 5.09. The molecule has 2 aliphatic carbocycles. The first-order valence-corrected chi connectivity index (χ1v) is 10.7. The second kappa shape index (κ2) is 13.6. The predicted molar refractivity (Wildman–Crippen MR) is 128 cm³/mol. The van der Waals surface area contributed by atoms with Gasteiger partial charge in [0.15, 0.2) is 0 Å². The summed E-state index contributed by atoms with van der Waals surface area (Å²) in [5.41, 5.74) is 7.97. The van der Waals surface area contributed by atoms with E-state index in [4.69, 9.17) is 0 Å². The van der Waals surface area contributed by atoms with Gasteiger partial charge in [0, 0.05) is 26.2 Å². The molecule has 2 aliphatic rings. The smallest absolute Gasteiger partial charge is 0 e. The molecule has 0 atom stereocenters. The fourth-order valence-corrected chi connectivity index (χ4v) is 3.24. The number of halogens is 1. The van der Waals surface area contributed by atoms with Crippen LogP contribution in [0.15, 0.2) is 64.8 Å². The zero-order valence-electron chi connectivity index (χ0n) is 21.2. The summed E-state index contributed by atoms with van der Waals surface area (Å²) in [6.45, 7) is 21.3. The summed E-state index contributed by atoms with van der Waals surface area (Å²) < 4.78 is 0. The van der Waals surface area contributed by atoms with Crippen molar-refractivity contribution in [3.05, 3.63) is 75.9 Å². The Morgan fingerprint density at radius 1 is 0.710 bits per heavy atom. The van der Waals surface area contributed by atoms with E-state index in [9.17, 15) is 5.11 Å². The SMILES string of the molecule is CC(C)(C)c1ccc([O-])c(C(C)(C)C)c1.CC1=CCC(C)=C1.CC1=CCC(C)=C1.[Cl-].[Zr]. The zero-order valence-corrected chi connectivity index (χ0v) is 24.5. The van der Waals surface area contributed by atoms with Gasteiger partial charge in [0.05, 0.1) is 0 Å². The van der Waals surface area contributed by atoms with Crippen LogP contribution in [-0.4, -0.2) is 0 Å². The minimum atomic E-state index is -0.0711. The minimum Gasteiger partial charge on any atom is -1.00 e. The van der Waals surface area contributed by atoms with E-state index in [1.54, 1.807) is 6.07 Å². The molecule has 1 aromatic carbocycles. The fourth-order valence-electron chi connectivity index (χ4n) is 3.24. The molecule has 0 saturated carbocycles. The topological polar surface area (TPSA) is 23.1 Å². The van der Waals surface area contributed by atoms with Crippen molar-refractivity contribution in [1.82, 2.24) is 0 Å². The van der Waals surface area contributed by atoms with Gasteiger partial charge in [-0.25, -0.2) is 0 Å². The van der Waals surface area contributed by atoms with Gasteiger partial charge in [-0.3, -0.25) is 0 Å². The molecule has 0 N–H and O–H groups in total. The van der Waals surface area contributed by atoms with Crippen LogP contribution in [0.3, 0.4) is 0 Å². The van der Waals surface area contributed by atoms with Crippen molar-refractivity contribution in [1.29, 1.82) is 0 Å². The van der Waals surface area contributed by atoms with Crippen molar-refractivity contribution in [2.24, 2.45) is 0 Å². The summed E-state index contributed by atoms with van der Waals surface area (Å²) in [5, 5.41) is 11.7. The Hall–Kier alpha value is -0.847. The quantitative estimate of drug-likeness (QED) is 0.477. The summed E-state index contributed by atoms with van der Waals surface area (Å²) in [6, 6.07) is 5.70. The molecule has 3 heteroatoms. The van der Waals surface area contributed by atoms with Crippen LogP contribution >= 0.6 is 0 Å². The Bertz CT molecular complexity index is 794. The van der Waals surface area contributed by atoms with Crippen LogP contribution in [0, 0.1) is 0 Å². The second-order valence-corrected chi connectivity index (χ2v) is 10.5. The Kier molecular flexibility index (Phi) is 14.2. The molecule has 1 aromatic rings. The molecule has 0 unspecified atom stereocenters. The standard InChI is InChI=1S/C14H22O.2C7H10.ClH.Zr/c1-13(2,3)10-7-8-12(15)11(9-10)14(4,5)6;2*1-6-3-4-7(2)5-6;;/h7-9,15H,1-6H3;2*3,5H,4H2,1-2H3;1H;/p-2. The number of benzene rings is 1. The predicted octanol–water partition coefficient (Wildman–Crippen LogP) is 4.92. The molecule has 0 heterocycles. The molecule has 0 spiro atoms. The van der Waals surface area contributed by atoms with Crippen LogP contribution in [0.25, 0.3) is 0 Å². The largest absolute Gasteiger partial charge is 1.00 e. The van der Waals surface area contributed by atoms with Crippen LogP contribution < -0.4 is 17.5 Å². The van der Waals surface area contributed by atoms with Crippen LogP contribution in [0.5, 0.6) is 5.75 Å². The molecule has 0 radical (unpaired) electrons. The van der Waals surface area contributed by atoms with Crippen LogP contribution in [0.2, 0.25) is 0 Å². The molecule has 0 saturated heterocycles. The number of rotatable bonds is 0. The third kappa shape index (κ3) is 12.1. The fraction of sp³-hybridized carbons (Fsp3) is 0.500. The van der Waals surface area contributed by atoms with E-state index in [2.05, 4.69) is 99.6 Å². The van der Waals surface area contributed by atoms with Gasteiger partial charge in [-0.15, -0.1) is 5.75 Å². The molecule has 0 fully saturated rings. The molecule has 172 valence electrons. The van der Waals surface area contributed by atoms with E-state index < -0.39 is 0 Å². The average molecular weight is 520 g/mol. The molecule has 0 aromatic heterocycles. The van der Waals surface area contributed by atoms with Crippen molar-refractivity contribution < 1.29 is 43.7 Å². The van der Waals surface area contributed by atoms with Crippen LogP contribution in [0.4, 0.5) is 0 Å². The summed E-state index contributed by atoms with van der Waals surface area (Å²) in [4.78, 5) is 0. The van der Waals surface area contributed by atoms with E-state index in [1.807, 2.05) is 6.07 Å². The second-order valence-electron chi connectivity index (χ2n) is 10.5. The van der Waals surface area contributed by atoms with E-state index in [1.165, 1.54) is 40.7 Å². The van der Waals surface area contributed by atoms with Crippen LogP contribution in [-0.2, 0) is 37.0 Å². The number of hydrogen-bond acceptors (Lipinski definition) is 1. The van der Waals surface area contributed by atoms with Gasteiger partial charge >= 0.3 is 0 Å². The van der Waals surface area contributed by atoms with E-state index >= 15 is 0 Å². The van der Waals surface area contributed by atoms with Crippen molar-refractivity contribution in [2.45, 2.75) is 92.9 Å². The summed E-state index contributed by atoms with van der Waals surface area (Å²) in [5.74, 6) is 0.149. The molecule has 0 bridgehead atoms. The third-order valence-electron chi connectivity index (χ3n) is 5.09. The number of allylic oxidation sites excluding steroid dienone is 8. The van der Waals surface area contributed by atoms with Crippen molar-refractivity contribution in [3.63, 3.8) is 0 Å². The normalized spacial score (nSPS) is 14.9. The van der Waals surface area contributed by atoms with Crippen LogP contribution in [0.1, 0.15) is 93.2 Å². The first kappa shape index (κ1) is 32.3. The average Bonchev–Trinajstić information content (AvgIpc) is 3.13. The Balaban J connectivity index is 0. The maximum Gasteiger partial charge on any atom is 0 e. The van der Waals surface area contributed by atoms with E-state index in [0.29, 0.717) is 0 Å². The van der Waals surface area contributed by atoms with Gasteiger partial charge < -0.3 is 17.5 Å². The first-order valence-electron chi connectivity index (χ1n) is 10.7. The summed E-state index contributed by atoms with van der Waals surface area (Å²) in [6.07, 6.45) is 11.3. The molecule has 31 heavy (non-hydrogen) atoms. The van der Waals surface area contributed by atoms with Crippen molar-refractivity contribution >= 4 is 0 Å². The van der Waals surface area contributed by atoms with Crippen molar-refractivity contribution in [2.75, 3.05) is 0 Å². The summed E-state index contributed by atoms with van der Waals surface area (Å²) in [7, 11) is 0. The van der Waals surface area contributed by atoms with Gasteiger partial charge in [-0.05, 0) is 56.9 Å². The van der Waals surface area contributed by atoms with Gasteiger partial charge in [-0.1, -0.05) is 112 Å². The van der Waals surface area contributed by atoms with Gasteiger partial charge in [0.25, 0.3) is 0 Å². The minimum absolute atomic E-state index is 0. The first-order chi connectivity index (χ1) is 13.2. The van der Waals surface area contributed by atoms with Gasteiger partial charge in [0.1, 0.15) is 0 Å². The maximum absolute atomic E-state index is 11.7. The van der Waals surface area contributed by atoms with Crippen molar-refractivity contribution in [3.8, 4) is 5.75 Å². The Morgan fingerprint density at radius 2 is 1.13 bits per heavy atom. The number of hydrogen-bond donors (Lipinski definition) is 0. The molecular formula is C28H41ClOZr-2.